The van der Waals surface area contributed by atoms with Gasteiger partial charge in [0.15, 0.2) is 5.82 Å². The molecule has 1 N–H and O–H groups in total. The second kappa shape index (κ2) is 6.06. The van der Waals surface area contributed by atoms with Gasteiger partial charge in [-0.2, -0.15) is 4.80 Å². The van der Waals surface area contributed by atoms with Crippen LogP contribution < -0.4 is 0 Å². The summed E-state index contributed by atoms with van der Waals surface area (Å²) < 4.78 is 1.05. The van der Waals surface area contributed by atoms with Gasteiger partial charge in [0.25, 0.3) is 0 Å². The van der Waals surface area contributed by atoms with Gasteiger partial charge in [0.2, 0.25) is 0 Å². The highest BCUT2D eigenvalue weighted by molar-refractivity contribution is 9.10. The number of aromatic nitrogens is 4. The molecule has 1 atom stereocenters. The third-order valence-corrected chi connectivity index (χ3v) is 3.19. The van der Waals surface area contributed by atoms with Gasteiger partial charge in [0, 0.05) is 17.5 Å². The molecule has 0 spiro atoms. The van der Waals surface area contributed by atoms with Gasteiger partial charge in [-0.25, -0.2) is 0 Å². The molecule has 18 heavy (non-hydrogen) atoms. The van der Waals surface area contributed by atoms with Crippen molar-refractivity contribution in [2.24, 2.45) is 13.0 Å². The zero-order valence-electron chi connectivity index (χ0n) is 10.1. The Morgan fingerprint density at radius 1 is 1.39 bits per heavy atom. The van der Waals surface area contributed by atoms with E-state index in [9.17, 15) is 5.11 Å². The van der Waals surface area contributed by atoms with Gasteiger partial charge in [0.1, 0.15) is 0 Å². The number of nitrogens with zero attached hydrogens (tertiary/aromatic N) is 4. The number of tetrazole rings is 1. The van der Waals surface area contributed by atoms with Gasteiger partial charge in [0.05, 0.1) is 7.05 Å². The van der Waals surface area contributed by atoms with Crippen molar-refractivity contribution in [2.45, 2.75) is 12.8 Å². The van der Waals surface area contributed by atoms with E-state index in [-0.39, 0.29) is 12.5 Å². The minimum absolute atomic E-state index is 0.114. The van der Waals surface area contributed by atoms with Crippen LogP contribution in [0.4, 0.5) is 0 Å². The van der Waals surface area contributed by atoms with E-state index in [0.29, 0.717) is 12.2 Å². The van der Waals surface area contributed by atoms with Gasteiger partial charge in [-0.15, -0.1) is 10.2 Å². The summed E-state index contributed by atoms with van der Waals surface area (Å²) in [5.74, 6) is 0.787. The van der Waals surface area contributed by atoms with Crippen LogP contribution in [0.1, 0.15) is 11.4 Å². The van der Waals surface area contributed by atoms with Crippen LogP contribution in [-0.2, 0) is 19.9 Å². The van der Waals surface area contributed by atoms with Crippen LogP contribution in [0.5, 0.6) is 0 Å². The standard InChI is InChI=1S/C12H15BrN4O/c1-17-15-12(14-16-17)7-10(8-18)5-9-3-2-4-11(13)6-9/h2-4,6,10,18H,5,7-8H2,1H3. The minimum atomic E-state index is 0.114. The van der Waals surface area contributed by atoms with E-state index in [4.69, 9.17) is 0 Å². The smallest absolute Gasteiger partial charge is 0.175 e. The summed E-state index contributed by atoms with van der Waals surface area (Å²) in [6.07, 6.45) is 1.44. The SMILES string of the molecule is Cn1nnc(CC(CO)Cc2cccc(Br)c2)n1. The number of hydrogen-bond donors (Lipinski definition) is 1. The fourth-order valence-corrected chi connectivity index (χ4v) is 2.31. The normalized spacial score (nSPS) is 12.6. The first-order chi connectivity index (χ1) is 8.67. The van der Waals surface area contributed by atoms with E-state index in [0.717, 1.165) is 10.9 Å². The van der Waals surface area contributed by atoms with E-state index >= 15 is 0 Å². The molecule has 5 nitrogen and oxygen atoms in total. The molecule has 0 fully saturated rings. The molecule has 2 aromatic rings. The first-order valence-electron chi connectivity index (χ1n) is 5.75. The number of aryl methyl sites for hydroxylation is 1. The highest BCUT2D eigenvalue weighted by Gasteiger charge is 2.13. The Balaban J connectivity index is 2.01. The third kappa shape index (κ3) is 3.61. The van der Waals surface area contributed by atoms with Gasteiger partial charge >= 0.3 is 0 Å². The summed E-state index contributed by atoms with van der Waals surface area (Å²) in [6.45, 7) is 0.116. The molecule has 2 rings (SSSR count). The number of aliphatic hydroxyl groups is 1. The number of aliphatic hydroxyl groups excluding tert-OH is 1. The van der Waals surface area contributed by atoms with Crippen molar-refractivity contribution >= 4 is 15.9 Å². The van der Waals surface area contributed by atoms with Crippen molar-refractivity contribution < 1.29 is 5.11 Å². The van der Waals surface area contributed by atoms with Gasteiger partial charge in [-0.05, 0) is 35.2 Å². The predicted molar refractivity (Wildman–Crippen MR) is 70.9 cm³/mol. The molecule has 0 bridgehead atoms. The van der Waals surface area contributed by atoms with Gasteiger partial charge < -0.3 is 5.11 Å². The quantitative estimate of drug-likeness (QED) is 0.906. The Labute approximate surface area is 114 Å². The van der Waals surface area contributed by atoms with Crippen LogP contribution in [-0.4, -0.2) is 31.9 Å². The van der Waals surface area contributed by atoms with E-state index < -0.39 is 0 Å². The highest BCUT2D eigenvalue weighted by atomic mass is 79.9. The van der Waals surface area contributed by atoms with Crippen LogP contribution >= 0.6 is 15.9 Å². The average molecular weight is 311 g/mol. The summed E-state index contributed by atoms with van der Waals surface area (Å²) in [5.41, 5.74) is 1.19. The van der Waals surface area contributed by atoms with Crippen molar-refractivity contribution in [3.05, 3.63) is 40.1 Å². The average Bonchev–Trinajstić information content (AvgIpc) is 2.74. The van der Waals surface area contributed by atoms with Crippen LogP contribution in [0.3, 0.4) is 0 Å². The Morgan fingerprint density at radius 3 is 2.83 bits per heavy atom. The van der Waals surface area contributed by atoms with Crippen LogP contribution in [0.25, 0.3) is 0 Å². The molecule has 1 heterocycles. The highest BCUT2D eigenvalue weighted by Crippen LogP contribution is 2.16. The lowest BCUT2D eigenvalue weighted by molar-refractivity contribution is 0.223. The lowest BCUT2D eigenvalue weighted by atomic mass is 9.97. The summed E-state index contributed by atoms with van der Waals surface area (Å²) in [5, 5.41) is 21.3. The number of benzene rings is 1. The van der Waals surface area contributed by atoms with Crippen molar-refractivity contribution in [3.63, 3.8) is 0 Å². The summed E-state index contributed by atoms with van der Waals surface area (Å²) in [6, 6.07) is 8.10. The van der Waals surface area contributed by atoms with Crippen molar-refractivity contribution in [1.29, 1.82) is 0 Å². The maximum Gasteiger partial charge on any atom is 0.175 e. The number of hydrogen-bond acceptors (Lipinski definition) is 4. The maximum atomic E-state index is 9.43. The summed E-state index contributed by atoms with van der Waals surface area (Å²) in [7, 11) is 1.73. The first-order valence-corrected chi connectivity index (χ1v) is 6.55. The molecular formula is C12H15BrN4O. The molecular weight excluding hydrogens is 296 g/mol. The number of halogens is 1. The fourth-order valence-electron chi connectivity index (χ4n) is 1.86. The molecule has 0 aliphatic carbocycles. The zero-order chi connectivity index (χ0) is 13.0. The lowest BCUT2D eigenvalue weighted by Gasteiger charge is -2.12. The molecule has 1 aromatic heterocycles. The maximum absolute atomic E-state index is 9.43. The van der Waals surface area contributed by atoms with E-state index in [1.807, 2.05) is 12.1 Å². The summed E-state index contributed by atoms with van der Waals surface area (Å²) >= 11 is 3.44. The molecule has 0 saturated carbocycles. The van der Waals surface area contributed by atoms with Crippen LogP contribution in [0.15, 0.2) is 28.7 Å². The van der Waals surface area contributed by atoms with Gasteiger partial charge in [-0.1, -0.05) is 28.1 Å². The molecule has 1 aromatic carbocycles. The topological polar surface area (TPSA) is 63.8 Å². The monoisotopic (exact) mass is 310 g/mol. The largest absolute Gasteiger partial charge is 0.396 e. The van der Waals surface area contributed by atoms with Crippen molar-refractivity contribution in [2.75, 3.05) is 6.61 Å². The minimum Gasteiger partial charge on any atom is -0.396 e. The molecule has 6 heteroatoms. The fraction of sp³-hybridized carbons (Fsp3) is 0.417. The van der Waals surface area contributed by atoms with E-state index in [1.54, 1.807) is 7.05 Å². The molecule has 0 radical (unpaired) electrons. The number of rotatable bonds is 5. The van der Waals surface area contributed by atoms with E-state index in [2.05, 4.69) is 43.5 Å². The molecule has 1 unspecified atom stereocenters. The van der Waals surface area contributed by atoms with Crippen molar-refractivity contribution in [1.82, 2.24) is 20.2 Å². The molecule has 0 saturated heterocycles. The first kappa shape index (κ1) is 13.2. The van der Waals surface area contributed by atoms with E-state index in [1.165, 1.54) is 10.4 Å². The molecule has 0 aliphatic rings. The second-order valence-electron chi connectivity index (χ2n) is 4.28. The Bertz CT molecular complexity index is 514. The van der Waals surface area contributed by atoms with Crippen LogP contribution in [0.2, 0.25) is 0 Å². The molecule has 96 valence electrons. The second-order valence-corrected chi connectivity index (χ2v) is 5.20. The Morgan fingerprint density at radius 2 is 2.22 bits per heavy atom. The lowest BCUT2D eigenvalue weighted by Crippen LogP contribution is -2.14. The van der Waals surface area contributed by atoms with Crippen LogP contribution in [0, 0.1) is 5.92 Å². The van der Waals surface area contributed by atoms with Crippen molar-refractivity contribution in [3.8, 4) is 0 Å². The third-order valence-electron chi connectivity index (χ3n) is 2.69. The zero-order valence-corrected chi connectivity index (χ0v) is 11.7. The summed E-state index contributed by atoms with van der Waals surface area (Å²) in [4.78, 5) is 1.43. The van der Waals surface area contributed by atoms with Gasteiger partial charge in [-0.3, -0.25) is 0 Å². The molecule has 0 amide bonds. The molecule has 0 aliphatic heterocycles. The Hall–Kier alpha value is -1.27. The Kier molecular flexibility index (Phi) is 4.43. The predicted octanol–water partition coefficient (Wildman–Crippen LogP) is 1.37.